The van der Waals surface area contributed by atoms with Gasteiger partial charge in [0.05, 0.1) is 17.6 Å². The van der Waals surface area contributed by atoms with Crippen LogP contribution in [0.2, 0.25) is 0 Å². The summed E-state index contributed by atoms with van der Waals surface area (Å²) in [6.45, 7) is 0. The molecule has 0 aromatic carbocycles. The fraction of sp³-hybridized carbons (Fsp3) is 1.00. The van der Waals surface area contributed by atoms with E-state index in [4.69, 9.17) is 0 Å². The van der Waals surface area contributed by atoms with Crippen LogP contribution in [0.3, 0.4) is 0 Å². The molecule has 0 aromatic heterocycles. The Kier molecular flexibility index (Phi) is 3.87. The van der Waals surface area contributed by atoms with Crippen LogP contribution >= 0.6 is 0 Å². The maximum Gasteiger partial charge on any atom is 0.154 e. The molecule has 94 valence electrons. The Morgan fingerprint density at radius 3 is 2.12 bits per heavy atom. The van der Waals surface area contributed by atoms with Crippen LogP contribution in [0.15, 0.2) is 0 Å². The number of hydrogen-bond acceptors (Lipinski definition) is 4. The molecule has 1 aliphatic heterocycles. The zero-order valence-electron chi connectivity index (χ0n) is 9.56. The van der Waals surface area contributed by atoms with Gasteiger partial charge < -0.3 is 10.4 Å². The lowest BCUT2D eigenvalue weighted by atomic mass is 10.1. The number of rotatable bonds is 2. The van der Waals surface area contributed by atoms with Crippen molar-refractivity contribution in [2.75, 3.05) is 11.5 Å². The van der Waals surface area contributed by atoms with Gasteiger partial charge in [-0.3, -0.25) is 0 Å². The van der Waals surface area contributed by atoms with E-state index in [1.54, 1.807) is 0 Å². The first kappa shape index (κ1) is 12.3. The molecule has 2 rings (SSSR count). The summed E-state index contributed by atoms with van der Waals surface area (Å²) in [6.07, 6.45) is 6.51. The highest BCUT2D eigenvalue weighted by molar-refractivity contribution is 7.91. The van der Waals surface area contributed by atoms with E-state index in [1.165, 1.54) is 25.7 Å². The van der Waals surface area contributed by atoms with Gasteiger partial charge in [-0.15, -0.1) is 0 Å². The van der Waals surface area contributed by atoms with E-state index in [9.17, 15) is 13.5 Å². The quantitative estimate of drug-likeness (QED) is 0.696. The average Bonchev–Trinajstić information content (AvgIpc) is 2.43. The Labute approximate surface area is 97.3 Å². The molecule has 16 heavy (non-hydrogen) atoms. The minimum absolute atomic E-state index is 0.0720. The third-order valence-electron chi connectivity index (χ3n) is 3.63. The van der Waals surface area contributed by atoms with Crippen molar-refractivity contribution in [3.8, 4) is 0 Å². The van der Waals surface area contributed by atoms with Gasteiger partial charge in [0.1, 0.15) is 0 Å². The van der Waals surface area contributed by atoms with Crippen molar-refractivity contribution in [1.29, 1.82) is 0 Å². The van der Waals surface area contributed by atoms with Gasteiger partial charge in [0.15, 0.2) is 9.84 Å². The number of hydrogen-bond donors (Lipinski definition) is 2. The standard InChI is InChI=1S/C11H21NO3S/c13-11-8-16(14,15)7-10(11)12-9-5-3-1-2-4-6-9/h9-13H,1-8H2. The molecule has 0 spiro atoms. The Balaban J connectivity index is 1.89. The first-order valence-electron chi connectivity index (χ1n) is 6.21. The third kappa shape index (κ3) is 3.18. The maximum atomic E-state index is 11.4. The second-order valence-electron chi connectivity index (χ2n) is 5.11. The molecular weight excluding hydrogens is 226 g/mol. The highest BCUT2D eigenvalue weighted by atomic mass is 32.2. The fourth-order valence-electron chi connectivity index (χ4n) is 2.74. The predicted octanol–water partition coefficient (Wildman–Crippen LogP) is 0.457. The highest BCUT2D eigenvalue weighted by Gasteiger charge is 2.37. The van der Waals surface area contributed by atoms with Crippen molar-refractivity contribution in [3.63, 3.8) is 0 Å². The Hall–Kier alpha value is -0.130. The number of aliphatic hydroxyl groups excluding tert-OH is 1. The minimum Gasteiger partial charge on any atom is -0.390 e. The molecule has 4 nitrogen and oxygen atoms in total. The van der Waals surface area contributed by atoms with Crippen LogP contribution in [-0.4, -0.2) is 43.2 Å². The molecule has 0 bridgehead atoms. The summed E-state index contributed by atoms with van der Waals surface area (Å²) in [6, 6.07) is 0.156. The molecule has 2 atom stereocenters. The SMILES string of the molecule is O=S1(=O)CC(O)C(NC2CCCCCC2)C1. The Morgan fingerprint density at radius 2 is 1.62 bits per heavy atom. The van der Waals surface area contributed by atoms with Crippen molar-refractivity contribution >= 4 is 9.84 Å². The number of nitrogens with one attached hydrogen (secondary N) is 1. The maximum absolute atomic E-state index is 11.4. The molecule has 2 unspecified atom stereocenters. The van der Waals surface area contributed by atoms with Crippen molar-refractivity contribution in [1.82, 2.24) is 5.32 Å². The van der Waals surface area contributed by atoms with E-state index in [0.717, 1.165) is 12.8 Å². The lowest BCUT2D eigenvalue weighted by Gasteiger charge is -2.22. The summed E-state index contributed by atoms with van der Waals surface area (Å²) in [5.74, 6) is 0.0298. The summed E-state index contributed by atoms with van der Waals surface area (Å²) in [5.41, 5.74) is 0. The summed E-state index contributed by atoms with van der Waals surface area (Å²) < 4.78 is 22.7. The van der Waals surface area contributed by atoms with Gasteiger partial charge in [0.25, 0.3) is 0 Å². The van der Waals surface area contributed by atoms with Crippen molar-refractivity contribution in [3.05, 3.63) is 0 Å². The van der Waals surface area contributed by atoms with Crippen LogP contribution in [0.4, 0.5) is 0 Å². The second-order valence-corrected chi connectivity index (χ2v) is 7.26. The minimum atomic E-state index is -3.02. The van der Waals surface area contributed by atoms with Crippen LogP contribution in [0.25, 0.3) is 0 Å². The summed E-state index contributed by atoms with van der Waals surface area (Å²) in [5, 5.41) is 13.0. The van der Waals surface area contributed by atoms with Crippen LogP contribution in [0.5, 0.6) is 0 Å². The van der Waals surface area contributed by atoms with Crippen molar-refractivity contribution < 1.29 is 13.5 Å². The fourth-order valence-corrected chi connectivity index (χ4v) is 4.49. The second kappa shape index (κ2) is 5.02. The molecular formula is C11H21NO3S. The van der Waals surface area contributed by atoms with E-state index in [1.807, 2.05) is 0 Å². The van der Waals surface area contributed by atoms with Crippen LogP contribution in [0, 0.1) is 0 Å². The molecule has 5 heteroatoms. The van der Waals surface area contributed by atoms with E-state index in [-0.39, 0.29) is 17.5 Å². The van der Waals surface area contributed by atoms with Gasteiger partial charge in [-0.25, -0.2) is 8.42 Å². The number of aliphatic hydroxyl groups is 1. The molecule has 1 saturated heterocycles. The topological polar surface area (TPSA) is 66.4 Å². The highest BCUT2D eigenvalue weighted by Crippen LogP contribution is 2.20. The summed E-state index contributed by atoms with van der Waals surface area (Å²) in [4.78, 5) is 0. The molecule has 0 aromatic rings. The first-order chi connectivity index (χ1) is 7.57. The van der Waals surface area contributed by atoms with Gasteiger partial charge >= 0.3 is 0 Å². The van der Waals surface area contributed by atoms with Crippen molar-refractivity contribution in [2.24, 2.45) is 0 Å². The molecule has 0 radical (unpaired) electrons. The predicted molar refractivity (Wildman–Crippen MR) is 63.1 cm³/mol. The molecule has 2 N–H and O–H groups in total. The zero-order chi connectivity index (χ0) is 11.6. The van der Waals surface area contributed by atoms with E-state index < -0.39 is 15.9 Å². The molecule has 2 aliphatic rings. The average molecular weight is 247 g/mol. The van der Waals surface area contributed by atoms with E-state index >= 15 is 0 Å². The molecule has 2 fully saturated rings. The van der Waals surface area contributed by atoms with Crippen LogP contribution in [-0.2, 0) is 9.84 Å². The van der Waals surface area contributed by atoms with Gasteiger partial charge in [-0.1, -0.05) is 25.7 Å². The number of sulfone groups is 1. The lowest BCUT2D eigenvalue weighted by molar-refractivity contribution is 0.157. The lowest BCUT2D eigenvalue weighted by Crippen LogP contribution is -2.44. The van der Waals surface area contributed by atoms with Gasteiger partial charge in [0.2, 0.25) is 0 Å². The molecule has 1 heterocycles. The van der Waals surface area contributed by atoms with Gasteiger partial charge in [-0.2, -0.15) is 0 Å². The first-order valence-corrected chi connectivity index (χ1v) is 8.03. The zero-order valence-corrected chi connectivity index (χ0v) is 10.4. The molecule has 0 amide bonds. The molecule has 1 saturated carbocycles. The van der Waals surface area contributed by atoms with Crippen LogP contribution in [0.1, 0.15) is 38.5 Å². The van der Waals surface area contributed by atoms with Crippen LogP contribution < -0.4 is 5.32 Å². The monoisotopic (exact) mass is 247 g/mol. The third-order valence-corrected chi connectivity index (χ3v) is 5.34. The largest absolute Gasteiger partial charge is 0.390 e. The Bertz CT molecular complexity index is 320. The van der Waals surface area contributed by atoms with E-state index in [2.05, 4.69) is 5.32 Å². The summed E-state index contributed by atoms with van der Waals surface area (Å²) >= 11 is 0. The molecule has 1 aliphatic carbocycles. The van der Waals surface area contributed by atoms with E-state index in [0.29, 0.717) is 6.04 Å². The smallest absolute Gasteiger partial charge is 0.154 e. The van der Waals surface area contributed by atoms with Crippen molar-refractivity contribution in [2.45, 2.75) is 56.7 Å². The normalized spacial score (nSPS) is 36.1. The van der Waals surface area contributed by atoms with Gasteiger partial charge in [-0.05, 0) is 12.8 Å². The van der Waals surface area contributed by atoms with Gasteiger partial charge in [0, 0.05) is 12.1 Å². The Morgan fingerprint density at radius 1 is 1.00 bits per heavy atom. The summed E-state index contributed by atoms with van der Waals surface area (Å²) in [7, 11) is -3.02.